The van der Waals surface area contributed by atoms with Crippen LogP contribution in [0.2, 0.25) is 0 Å². The molecule has 0 bridgehead atoms. The van der Waals surface area contributed by atoms with Gasteiger partial charge in [-0.3, -0.25) is 0 Å². The Morgan fingerprint density at radius 3 is 3.00 bits per heavy atom. The van der Waals surface area contributed by atoms with Gasteiger partial charge >= 0.3 is 5.97 Å². The standard InChI is InChI=1S/C8H6O3/c9-8(10)6-3-5-1-2-11-7(5)4-6/h1,3-4H,2H2,(H,9,10). The minimum Gasteiger partial charge on any atom is -0.489 e. The molecule has 0 amide bonds. The van der Waals surface area contributed by atoms with Crippen molar-refractivity contribution in [3.05, 3.63) is 35.1 Å². The lowest BCUT2D eigenvalue weighted by Crippen LogP contribution is -1.95. The molecule has 0 radical (unpaired) electrons. The van der Waals surface area contributed by atoms with E-state index >= 15 is 0 Å². The Bertz CT molecular complexity index is 305. The quantitative estimate of drug-likeness (QED) is 0.602. The van der Waals surface area contributed by atoms with Crippen molar-refractivity contribution in [1.29, 1.82) is 0 Å². The van der Waals surface area contributed by atoms with Crippen LogP contribution in [0.1, 0.15) is 0 Å². The van der Waals surface area contributed by atoms with E-state index in [0.29, 0.717) is 17.9 Å². The maximum atomic E-state index is 10.4. The fraction of sp³-hybridized carbons (Fsp3) is 0.125. The van der Waals surface area contributed by atoms with E-state index in [1.165, 1.54) is 0 Å². The lowest BCUT2D eigenvalue weighted by atomic mass is 10.2. The van der Waals surface area contributed by atoms with Gasteiger partial charge in [0.1, 0.15) is 12.4 Å². The van der Waals surface area contributed by atoms with Crippen LogP contribution in [0.15, 0.2) is 35.1 Å². The summed E-state index contributed by atoms with van der Waals surface area (Å²) in [4.78, 5) is 10.4. The van der Waals surface area contributed by atoms with Gasteiger partial charge in [0.15, 0.2) is 0 Å². The smallest absolute Gasteiger partial charge is 0.335 e. The molecule has 3 nitrogen and oxygen atoms in total. The highest BCUT2D eigenvalue weighted by Gasteiger charge is 2.20. The highest BCUT2D eigenvalue weighted by molar-refractivity contribution is 5.92. The summed E-state index contributed by atoms with van der Waals surface area (Å²) >= 11 is 0. The van der Waals surface area contributed by atoms with Gasteiger partial charge in [0.25, 0.3) is 0 Å². The predicted octanol–water partition coefficient (Wildman–Crippen LogP) is 0.852. The third-order valence-electron chi connectivity index (χ3n) is 1.67. The predicted molar refractivity (Wildman–Crippen MR) is 37.8 cm³/mol. The molecule has 1 aliphatic carbocycles. The van der Waals surface area contributed by atoms with E-state index in [0.717, 1.165) is 5.57 Å². The topological polar surface area (TPSA) is 46.5 Å². The second-order valence-corrected chi connectivity index (χ2v) is 2.38. The zero-order valence-corrected chi connectivity index (χ0v) is 5.70. The zero-order valence-electron chi connectivity index (χ0n) is 5.70. The highest BCUT2D eigenvalue weighted by atomic mass is 16.5. The van der Waals surface area contributed by atoms with Gasteiger partial charge < -0.3 is 9.84 Å². The van der Waals surface area contributed by atoms with Gasteiger partial charge in [0, 0.05) is 5.57 Å². The minimum absolute atomic E-state index is 0.297. The van der Waals surface area contributed by atoms with Crippen molar-refractivity contribution in [2.24, 2.45) is 0 Å². The summed E-state index contributed by atoms with van der Waals surface area (Å²) in [5.41, 5.74) is 1.19. The first-order chi connectivity index (χ1) is 5.27. The van der Waals surface area contributed by atoms with Gasteiger partial charge in [-0.15, -0.1) is 0 Å². The summed E-state index contributed by atoms with van der Waals surface area (Å²) < 4.78 is 5.11. The number of fused-ring (bicyclic) bond motifs is 1. The van der Waals surface area contributed by atoms with E-state index in [9.17, 15) is 4.79 Å². The average Bonchev–Trinajstić information content (AvgIpc) is 2.40. The monoisotopic (exact) mass is 150 g/mol. The van der Waals surface area contributed by atoms with E-state index in [2.05, 4.69) is 0 Å². The van der Waals surface area contributed by atoms with E-state index in [4.69, 9.17) is 9.84 Å². The van der Waals surface area contributed by atoms with E-state index < -0.39 is 5.97 Å². The molecule has 0 atom stereocenters. The van der Waals surface area contributed by atoms with Crippen molar-refractivity contribution in [2.75, 3.05) is 6.61 Å². The maximum absolute atomic E-state index is 10.4. The van der Waals surface area contributed by atoms with Crippen LogP contribution < -0.4 is 0 Å². The Kier molecular flexibility index (Phi) is 1.12. The average molecular weight is 150 g/mol. The number of hydrogen-bond acceptors (Lipinski definition) is 2. The first kappa shape index (κ1) is 6.22. The van der Waals surface area contributed by atoms with Crippen LogP contribution in [-0.2, 0) is 9.53 Å². The van der Waals surface area contributed by atoms with Crippen LogP contribution in [0.5, 0.6) is 0 Å². The fourth-order valence-electron chi connectivity index (χ4n) is 1.13. The Labute approximate surface area is 63.3 Å². The molecule has 1 heterocycles. The Balaban J connectivity index is 2.38. The van der Waals surface area contributed by atoms with Crippen molar-refractivity contribution >= 4 is 5.97 Å². The Morgan fingerprint density at radius 1 is 1.55 bits per heavy atom. The summed E-state index contributed by atoms with van der Waals surface area (Å²) in [5, 5.41) is 8.57. The molecule has 0 aromatic carbocycles. The maximum Gasteiger partial charge on any atom is 0.335 e. The van der Waals surface area contributed by atoms with Crippen LogP contribution in [0.4, 0.5) is 0 Å². The molecular weight excluding hydrogens is 144 g/mol. The fourth-order valence-corrected chi connectivity index (χ4v) is 1.13. The van der Waals surface area contributed by atoms with Gasteiger partial charge in [0.2, 0.25) is 0 Å². The Morgan fingerprint density at radius 2 is 2.36 bits per heavy atom. The van der Waals surface area contributed by atoms with Gasteiger partial charge in [0.05, 0.1) is 5.57 Å². The number of allylic oxidation sites excluding steroid dienone is 1. The summed E-state index contributed by atoms with van der Waals surface area (Å²) in [7, 11) is 0. The minimum atomic E-state index is -0.906. The largest absolute Gasteiger partial charge is 0.489 e. The van der Waals surface area contributed by atoms with Crippen molar-refractivity contribution in [3.8, 4) is 0 Å². The molecule has 2 rings (SSSR count). The molecule has 1 aliphatic heterocycles. The summed E-state index contributed by atoms with van der Waals surface area (Å²) in [6.07, 6.45) is 5.02. The first-order valence-corrected chi connectivity index (χ1v) is 3.27. The molecule has 0 unspecified atom stereocenters. The van der Waals surface area contributed by atoms with Gasteiger partial charge in [-0.25, -0.2) is 4.79 Å². The molecular formula is C8H6O3. The normalized spacial score (nSPS) is 19.8. The number of aliphatic carboxylic acids is 1. The first-order valence-electron chi connectivity index (χ1n) is 3.27. The van der Waals surface area contributed by atoms with Crippen LogP contribution in [-0.4, -0.2) is 17.7 Å². The third kappa shape index (κ3) is 0.852. The van der Waals surface area contributed by atoms with E-state index in [-0.39, 0.29) is 0 Å². The third-order valence-corrected chi connectivity index (χ3v) is 1.67. The van der Waals surface area contributed by atoms with Crippen LogP contribution in [0, 0.1) is 0 Å². The summed E-state index contributed by atoms with van der Waals surface area (Å²) in [6.45, 7) is 0.560. The highest BCUT2D eigenvalue weighted by Crippen LogP contribution is 2.28. The van der Waals surface area contributed by atoms with Crippen molar-refractivity contribution in [3.63, 3.8) is 0 Å². The number of ether oxygens (including phenoxy) is 1. The number of carboxylic acid groups (broad SMARTS) is 1. The van der Waals surface area contributed by atoms with Crippen molar-refractivity contribution < 1.29 is 14.6 Å². The molecule has 0 spiro atoms. The zero-order chi connectivity index (χ0) is 7.84. The number of carboxylic acids is 1. The van der Waals surface area contributed by atoms with Crippen molar-refractivity contribution in [2.45, 2.75) is 0 Å². The van der Waals surface area contributed by atoms with Crippen LogP contribution in [0.3, 0.4) is 0 Å². The van der Waals surface area contributed by atoms with Crippen LogP contribution in [0.25, 0.3) is 0 Å². The molecule has 0 saturated heterocycles. The summed E-state index contributed by atoms with van der Waals surface area (Å²) in [5.74, 6) is -0.223. The molecule has 56 valence electrons. The summed E-state index contributed by atoms with van der Waals surface area (Å²) in [6, 6.07) is 0. The van der Waals surface area contributed by atoms with E-state index in [1.54, 1.807) is 12.2 Å². The number of carbonyl (C=O) groups is 1. The number of hydrogen-bond donors (Lipinski definition) is 1. The molecule has 3 heteroatoms. The second-order valence-electron chi connectivity index (χ2n) is 2.38. The second kappa shape index (κ2) is 1.99. The molecule has 1 N–H and O–H groups in total. The lowest BCUT2D eigenvalue weighted by molar-refractivity contribution is -0.132. The number of rotatable bonds is 1. The molecule has 0 aromatic rings. The van der Waals surface area contributed by atoms with Crippen molar-refractivity contribution in [1.82, 2.24) is 0 Å². The van der Waals surface area contributed by atoms with Crippen LogP contribution >= 0.6 is 0 Å². The molecule has 2 aliphatic rings. The van der Waals surface area contributed by atoms with E-state index in [1.807, 2.05) is 6.08 Å². The molecule has 0 fully saturated rings. The van der Waals surface area contributed by atoms with Gasteiger partial charge in [-0.05, 0) is 18.2 Å². The molecule has 0 aromatic heterocycles. The SMILES string of the molecule is O=C(O)C1=CC2=CCOC2=C1. The Hall–Kier alpha value is -1.51. The molecule has 0 saturated carbocycles. The molecule has 11 heavy (non-hydrogen) atoms. The lowest BCUT2D eigenvalue weighted by Gasteiger charge is -1.93. The van der Waals surface area contributed by atoms with Gasteiger partial charge in [-0.1, -0.05) is 0 Å². The van der Waals surface area contributed by atoms with Gasteiger partial charge in [-0.2, -0.15) is 0 Å².